The highest BCUT2D eigenvalue weighted by molar-refractivity contribution is 6.35. The van der Waals surface area contributed by atoms with Crippen molar-refractivity contribution in [2.45, 2.75) is 62.8 Å². The maximum Gasteiger partial charge on any atom is 0.318 e. The van der Waals surface area contributed by atoms with Crippen LogP contribution in [0.25, 0.3) is 10.8 Å². The second-order valence-corrected chi connectivity index (χ2v) is 12.9. The molecule has 0 spiro atoms. The molecular weight excluding hydrogens is 595 g/mol. The Morgan fingerprint density at radius 1 is 1.16 bits per heavy atom. The lowest BCUT2D eigenvalue weighted by Gasteiger charge is -2.42. The number of hydrogen-bond acceptors (Lipinski definition) is 8. The van der Waals surface area contributed by atoms with E-state index < -0.39 is 17.8 Å². The van der Waals surface area contributed by atoms with Gasteiger partial charge in [0.1, 0.15) is 12.4 Å². The van der Waals surface area contributed by atoms with Crippen LogP contribution in [0.2, 0.25) is 5.02 Å². The Hall–Kier alpha value is -3.78. The summed E-state index contributed by atoms with van der Waals surface area (Å²) in [6.45, 7) is 7.14. The van der Waals surface area contributed by atoms with Crippen LogP contribution in [-0.4, -0.2) is 76.6 Å². The van der Waals surface area contributed by atoms with Crippen LogP contribution in [-0.2, 0) is 22.6 Å². The van der Waals surface area contributed by atoms with E-state index in [1.165, 1.54) is 17.7 Å². The average Bonchev–Trinajstić information content (AvgIpc) is 3.63. The Kier molecular flexibility index (Phi) is 8.11. The van der Waals surface area contributed by atoms with Gasteiger partial charge in [0.25, 0.3) is 5.91 Å². The number of fused-ring (bicyclic) bond motifs is 3. The Labute approximate surface area is 267 Å². The molecule has 2 aromatic carbocycles. The lowest BCUT2D eigenvalue weighted by Crippen LogP contribution is -2.55. The van der Waals surface area contributed by atoms with Gasteiger partial charge < -0.3 is 19.3 Å². The second-order valence-electron chi connectivity index (χ2n) is 12.5. The number of carbonyl (C=O) groups excluding carboxylic acids is 1. The molecule has 2 atom stereocenters. The van der Waals surface area contributed by atoms with Gasteiger partial charge in [0.2, 0.25) is 0 Å². The van der Waals surface area contributed by atoms with Crippen molar-refractivity contribution in [3.05, 3.63) is 70.6 Å². The standard InChI is InChI=1S/C34H36ClFN6O3/c1-22(36)32(43)42-17-16-40(19-24(42)10-13-37)31-26-20-44-29(25-8-2-6-23-7-3-9-27(35)30(23)25)18-28(26)38-33(39-31)45-21-34-11-4-14-41(34)15-5-12-34/h2-3,6-9,24,29H,1,4-5,10-12,14-21H2/t24-,29?/m1/s1. The van der Waals surface area contributed by atoms with Gasteiger partial charge in [0, 0.05) is 42.0 Å². The molecule has 0 saturated carbocycles. The number of amides is 1. The molecule has 1 amide bonds. The second kappa shape index (κ2) is 12.2. The van der Waals surface area contributed by atoms with Gasteiger partial charge >= 0.3 is 6.01 Å². The molecule has 9 nitrogen and oxygen atoms in total. The SMILES string of the molecule is C=C(F)C(=O)N1CCN(c2nc(OCC34CCCN3CCC4)nc3c2COC(c2cccc4cccc(Cl)c24)C3)C[C@H]1CC#N. The van der Waals surface area contributed by atoms with E-state index in [1.54, 1.807) is 0 Å². The van der Waals surface area contributed by atoms with Gasteiger partial charge in [-0.1, -0.05) is 48.5 Å². The summed E-state index contributed by atoms with van der Waals surface area (Å²) < 4.78 is 26.8. The highest BCUT2D eigenvalue weighted by Gasteiger charge is 2.45. The van der Waals surface area contributed by atoms with Crippen molar-refractivity contribution in [2.24, 2.45) is 0 Å². The van der Waals surface area contributed by atoms with Crippen molar-refractivity contribution in [2.75, 3.05) is 44.2 Å². The minimum Gasteiger partial charge on any atom is -0.461 e. The number of rotatable bonds is 7. The van der Waals surface area contributed by atoms with Gasteiger partial charge in [-0.05, 0) is 55.8 Å². The third-order valence-electron chi connectivity index (χ3n) is 9.97. The molecule has 5 heterocycles. The maximum atomic E-state index is 13.8. The first-order chi connectivity index (χ1) is 21.9. The van der Waals surface area contributed by atoms with Crippen LogP contribution >= 0.6 is 11.6 Å². The van der Waals surface area contributed by atoms with Gasteiger partial charge in [0.15, 0.2) is 5.83 Å². The van der Waals surface area contributed by atoms with Gasteiger partial charge in [-0.15, -0.1) is 0 Å². The zero-order valence-electron chi connectivity index (χ0n) is 25.2. The van der Waals surface area contributed by atoms with Crippen molar-refractivity contribution in [3.63, 3.8) is 0 Å². The van der Waals surface area contributed by atoms with E-state index in [4.69, 9.17) is 31.0 Å². The van der Waals surface area contributed by atoms with Crippen molar-refractivity contribution in [1.29, 1.82) is 5.26 Å². The summed E-state index contributed by atoms with van der Waals surface area (Å²) in [4.78, 5) is 28.4. The van der Waals surface area contributed by atoms with Gasteiger partial charge in [-0.2, -0.15) is 15.2 Å². The van der Waals surface area contributed by atoms with Crippen LogP contribution in [0.3, 0.4) is 0 Å². The minimum absolute atomic E-state index is 0.0312. The van der Waals surface area contributed by atoms with Crippen LogP contribution in [0.4, 0.5) is 10.2 Å². The number of benzene rings is 2. The number of nitrogens with zero attached hydrogens (tertiary/aromatic N) is 6. The number of aromatic nitrogens is 2. The number of halogens is 2. The first-order valence-corrected chi connectivity index (χ1v) is 16.1. The molecule has 0 N–H and O–H groups in total. The molecule has 1 unspecified atom stereocenters. The van der Waals surface area contributed by atoms with Crippen LogP contribution in [0.5, 0.6) is 6.01 Å². The zero-order chi connectivity index (χ0) is 31.1. The molecule has 45 heavy (non-hydrogen) atoms. The summed E-state index contributed by atoms with van der Waals surface area (Å²) in [5.41, 5.74) is 2.74. The first-order valence-electron chi connectivity index (χ1n) is 15.7. The van der Waals surface area contributed by atoms with Gasteiger partial charge in [-0.25, -0.2) is 4.39 Å². The van der Waals surface area contributed by atoms with E-state index in [-0.39, 0.29) is 31.2 Å². The Morgan fingerprint density at radius 2 is 1.93 bits per heavy atom. The quantitative estimate of drug-likeness (QED) is 0.315. The number of nitriles is 1. The van der Waals surface area contributed by atoms with Crippen molar-refractivity contribution in [3.8, 4) is 12.1 Å². The molecule has 0 radical (unpaired) electrons. The van der Waals surface area contributed by atoms with Crippen LogP contribution in [0.1, 0.15) is 55.0 Å². The van der Waals surface area contributed by atoms with Gasteiger partial charge in [0.05, 0.1) is 42.5 Å². The van der Waals surface area contributed by atoms with E-state index in [1.807, 2.05) is 35.2 Å². The summed E-state index contributed by atoms with van der Waals surface area (Å²) in [5, 5.41) is 12.2. The topological polar surface area (TPSA) is 94.8 Å². The molecule has 4 aliphatic heterocycles. The summed E-state index contributed by atoms with van der Waals surface area (Å²) >= 11 is 6.68. The monoisotopic (exact) mass is 630 g/mol. The molecule has 3 saturated heterocycles. The number of piperazine rings is 1. The lowest BCUT2D eigenvalue weighted by molar-refractivity contribution is -0.131. The Bertz CT molecular complexity index is 1680. The molecule has 7 rings (SSSR count). The predicted octanol–water partition coefficient (Wildman–Crippen LogP) is 5.52. The summed E-state index contributed by atoms with van der Waals surface area (Å²) in [5.74, 6) is -1.13. The fourth-order valence-electron chi connectivity index (χ4n) is 7.76. The summed E-state index contributed by atoms with van der Waals surface area (Å²) in [6, 6.07) is 14.0. The molecule has 3 fully saturated rings. The third-order valence-corrected chi connectivity index (χ3v) is 10.3. The van der Waals surface area contributed by atoms with Crippen LogP contribution in [0, 0.1) is 11.3 Å². The zero-order valence-corrected chi connectivity index (χ0v) is 25.9. The van der Waals surface area contributed by atoms with Crippen molar-refractivity contribution < 1.29 is 18.7 Å². The van der Waals surface area contributed by atoms with E-state index in [0.29, 0.717) is 43.0 Å². The van der Waals surface area contributed by atoms with Crippen molar-refractivity contribution >= 4 is 34.1 Å². The highest BCUT2D eigenvalue weighted by atomic mass is 35.5. The lowest BCUT2D eigenvalue weighted by atomic mass is 9.94. The molecule has 234 valence electrons. The van der Waals surface area contributed by atoms with Gasteiger partial charge in [-0.3, -0.25) is 9.69 Å². The summed E-state index contributed by atoms with van der Waals surface area (Å²) in [6.07, 6.45) is 4.84. The average molecular weight is 631 g/mol. The largest absolute Gasteiger partial charge is 0.461 e. The number of anilines is 1. The third kappa shape index (κ3) is 5.51. The normalized spacial score (nSPS) is 22.6. The molecule has 4 aliphatic rings. The molecular formula is C34H36ClFN6O3. The number of ether oxygens (including phenoxy) is 2. The molecule has 0 bridgehead atoms. The van der Waals surface area contributed by atoms with E-state index in [9.17, 15) is 14.4 Å². The van der Waals surface area contributed by atoms with E-state index in [2.05, 4.69) is 23.6 Å². The number of carbonyl (C=O) groups is 1. The first kappa shape index (κ1) is 29.9. The minimum atomic E-state index is -1.03. The van der Waals surface area contributed by atoms with E-state index in [0.717, 1.165) is 53.5 Å². The molecule has 0 aliphatic carbocycles. The molecule has 1 aromatic heterocycles. The maximum absolute atomic E-state index is 13.8. The fraction of sp³-hybridized carbons (Fsp3) is 0.471. The highest BCUT2D eigenvalue weighted by Crippen LogP contribution is 2.41. The molecule has 3 aromatic rings. The van der Waals surface area contributed by atoms with Crippen LogP contribution in [0.15, 0.2) is 48.8 Å². The van der Waals surface area contributed by atoms with Crippen LogP contribution < -0.4 is 9.64 Å². The molecule has 11 heteroatoms. The Balaban J connectivity index is 1.23. The summed E-state index contributed by atoms with van der Waals surface area (Å²) in [7, 11) is 0. The predicted molar refractivity (Wildman–Crippen MR) is 169 cm³/mol. The van der Waals surface area contributed by atoms with Crippen molar-refractivity contribution in [1.82, 2.24) is 19.8 Å². The van der Waals surface area contributed by atoms with E-state index >= 15 is 0 Å². The fourth-order valence-corrected chi connectivity index (χ4v) is 8.05. The Morgan fingerprint density at radius 3 is 2.69 bits per heavy atom. The number of hydrogen-bond donors (Lipinski definition) is 0. The smallest absolute Gasteiger partial charge is 0.318 e.